The van der Waals surface area contributed by atoms with Crippen LogP contribution in [0.4, 0.5) is 0 Å². The summed E-state index contributed by atoms with van der Waals surface area (Å²) in [5.74, 6) is 0.0325. The molecule has 0 spiro atoms. The second-order valence-corrected chi connectivity index (χ2v) is 9.07. The highest BCUT2D eigenvalue weighted by molar-refractivity contribution is 5.85. The third-order valence-electron chi connectivity index (χ3n) is 5.89. The normalized spacial score (nSPS) is 39.5. The molecule has 24 heavy (non-hydrogen) atoms. The van der Waals surface area contributed by atoms with Crippen molar-refractivity contribution in [1.82, 2.24) is 0 Å². The third-order valence-corrected chi connectivity index (χ3v) is 5.89. The van der Waals surface area contributed by atoms with Gasteiger partial charge in [0, 0.05) is 11.6 Å². The summed E-state index contributed by atoms with van der Waals surface area (Å²) >= 11 is 0. The molecule has 3 heteroatoms. The number of benzene rings is 1. The first-order chi connectivity index (χ1) is 11.2. The lowest BCUT2D eigenvalue weighted by atomic mass is 9.43. The first-order valence-electron chi connectivity index (χ1n) is 8.94. The van der Waals surface area contributed by atoms with Crippen molar-refractivity contribution in [2.45, 2.75) is 57.9 Å². The number of hydrogen-bond acceptors (Lipinski definition) is 2. The van der Waals surface area contributed by atoms with Crippen LogP contribution in [0.25, 0.3) is 6.08 Å². The summed E-state index contributed by atoms with van der Waals surface area (Å²) in [6.07, 6.45) is 11.0. The molecular weight excluding hydrogens is 298 g/mol. The van der Waals surface area contributed by atoms with Gasteiger partial charge in [0.2, 0.25) is 0 Å². The molecule has 4 bridgehead atoms. The van der Waals surface area contributed by atoms with Gasteiger partial charge in [-0.05, 0) is 66.9 Å². The molecule has 5 rings (SSSR count). The van der Waals surface area contributed by atoms with E-state index in [1.54, 1.807) is 6.08 Å². The quantitative estimate of drug-likeness (QED) is 0.787. The first-order valence-corrected chi connectivity index (χ1v) is 8.94. The van der Waals surface area contributed by atoms with Crippen molar-refractivity contribution < 1.29 is 9.90 Å². The van der Waals surface area contributed by atoms with Gasteiger partial charge in [-0.15, -0.1) is 0 Å². The van der Waals surface area contributed by atoms with E-state index in [0.29, 0.717) is 10.8 Å². The zero-order valence-electron chi connectivity index (χ0n) is 14.8. The molecule has 4 saturated carbocycles. The Morgan fingerprint density at radius 1 is 1.08 bits per heavy atom. The molecule has 0 amide bonds. The number of hydrogen-bond donors (Lipinski definition) is 2. The van der Waals surface area contributed by atoms with Crippen molar-refractivity contribution in [3.63, 3.8) is 0 Å². The standard InChI is InChI=1S/C12H21N.C9H8O2/c1-10-3-9-4-11(2,6-10)8-12(13,5-9)7-10;10-9(11)7-6-8-4-2-1-3-5-8/h9H,3-8,13H2,1-2H3;1-7H,(H,10,11). The lowest BCUT2D eigenvalue weighted by Gasteiger charge is -2.64. The van der Waals surface area contributed by atoms with Gasteiger partial charge in [-0.2, -0.15) is 0 Å². The van der Waals surface area contributed by atoms with E-state index < -0.39 is 5.97 Å². The number of carboxylic acids is 1. The van der Waals surface area contributed by atoms with Crippen LogP contribution in [0.5, 0.6) is 0 Å². The summed E-state index contributed by atoms with van der Waals surface area (Å²) in [5.41, 5.74) is 8.81. The van der Waals surface area contributed by atoms with Crippen molar-refractivity contribution in [3.05, 3.63) is 42.0 Å². The van der Waals surface area contributed by atoms with E-state index in [2.05, 4.69) is 13.8 Å². The molecule has 3 N–H and O–H groups in total. The van der Waals surface area contributed by atoms with Gasteiger partial charge in [0.15, 0.2) is 0 Å². The molecule has 4 fully saturated rings. The van der Waals surface area contributed by atoms with Crippen LogP contribution >= 0.6 is 0 Å². The number of aliphatic carboxylic acids is 1. The molecule has 1 aromatic rings. The Bertz CT molecular complexity index is 586. The SMILES string of the molecule is CC12CC3CC(C)(C1)CC(N)(C3)C2.O=C(O)C=Cc1ccccc1. The average Bonchev–Trinajstić information content (AvgIpc) is 2.42. The zero-order valence-corrected chi connectivity index (χ0v) is 14.8. The van der Waals surface area contributed by atoms with Gasteiger partial charge in [0.05, 0.1) is 0 Å². The van der Waals surface area contributed by atoms with Gasteiger partial charge < -0.3 is 10.8 Å². The lowest BCUT2D eigenvalue weighted by Crippen LogP contribution is -2.62. The number of rotatable bonds is 2. The second-order valence-electron chi connectivity index (χ2n) is 9.07. The molecule has 2 atom stereocenters. The van der Waals surface area contributed by atoms with Gasteiger partial charge in [-0.1, -0.05) is 44.2 Å². The minimum Gasteiger partial charge on any atom is -0.478 e. The predicted molar refractivity (Wildman–Crippen MR) is 97.4 cm³/mol. The van der Waals surface area contributed by atoms with E-state index >= 15 is 0 Å². The van der Waals surface area contributed by atoms with Gasteiger partial charge in [-0.3, -0.25) is 0 Å². The first kappa shape index (κ1) is 17.2. The molecule has 0 radical (unpaired) electrons. The summed E-state index contributed by atoms with van der Waals surface area (Å²) in [6.45, 7) is 4.94. The van der Waals surface area contributed by atoms with Crippen LogP contribution in [0.1, 0.15) is 57.9 Å². The lowest BCUT2D eigenvalue weighted by molar-refractivity contribution is -0.131. The Balaban J connectivity index is 0.000000144. The van der Waals surface area contributed by atoms with Gasteiger partial charge in [0.25, 0.3) is 0 Å². The van der Waals surface area contributed by atoms with E-state index in [-0.39, 0.29) is 5.54 Å². The van der Waals surface area contributed by atoms with Crippen LogP contribution in [0.3, 0.4) is 0 Å². The summed E-state index contributed by atoms with van der Waals surface area (Å²) in [5, 5.41) is 8.29. The van der Waals surface area contributed by atoms with Crippen molar-refractivity contribution in [2.75, 3.05) is 0 Å². The highest BCUT2D eigenvalue weighted by Gasteiger charge is 2.58. The monoisotopic (exact) mass is 327 g/mol. The maximum Gasteiger partial charge on any atom is 0.328 e. The predicted octanol–water partition coefficient (Wildman–Crippen LogP) is 4.48. The van der Waals surface area contributed by atoms with Crippen molar-refractivity contribution in [1.29, 1.82) is 0 Å². The van der Waals surface area contributed by atoms with Crippen LogP contribution in [-0.2, 0) is 4.79 Å². The second kappa shape index (κ2) is 6.03. The Labute approximate surface area is 144 Å². The number of carbonyl (C=O) groups is 1. The Hall–Kier alpha value is -1.61. The Kier molecular flexibility index (Phi) is 4.33. The molecule has 0 aliphatic heterocycles. The fourth-order valence-corrected chi connectivity index (χ4v) is 6.27. The van der Waals surface area contributed by atoms with Gasteiger partial charge in [0.1, 0.15) is 0 Å². The van der Waals surface area contributed by atoms with Gasteiger partial charge in [-0.25, -0.2) is 4.79 Å². The molecule has 4 aliphatic rings. The van der Waals surface area contributed by atoms with Crippen LogP contribution in [0.2, 0.25) is 0 Å². The molecule has 0 aromatic heterocycles. The van der Waals surface area contributed by atoms with E-state index in [1.807, 2.05) is 30.3 Å². The Morgan fingerprint density at radius 3 is 2.12 bits per heavy atom. The topological polar surface area (TPSA) is 63.3 Å². The highest BCUT2D eigenvalue weighted by atomic mass is 16.4. The summed E-state index contributed by atoms with van der Waals surface area (Å²) in [4.78, 5) is 10.1. The van der Waals surface area contributed by atoms with Gasteiger partial charge >= 0.3 is 5.97 Å². The zero-order chi connectivity index (χ0) is 17.4. The number of carboxylic acid groups (broad SMARTS) is 1. The fourth-order valence-electron chi connectivity index (χ4n) is 6.27. The molecule has 3 nitrogen and oxygen atoms in total. The summed E-state index contributed by atoms with van der Waals surface area (Å²) in [7, 11) is 0. The van der Waals surface area contributed by atoms with Crippen molar-refractivity contribution in [3.8, 4) is 0 Å². The largest absolute Gasteiger partial charge is 0.478 e. The summed E-state index contributed by atoms with van der Waals surface area (Å²) < 4.78 is 0. The fraction of sp³-hybridized carbons (Fsp3) is 0.571. The third kappa shape index (κ3) is 3.89. The Morgan fingerprint density at radius 2 is 1.67 bits per heavy atom. The minimum absolute atomic E-state index is 0.225. The summed E-state index contributed by atoms with van der Waals surface area (Å²) in [6, 6.07) is 9.31. The van der Waals surface area contributed by atoms with E-state index in [1.165, 1.54) is 38.5 Å². The van der Waals surface area contributed by atoms with Crippen LogP contribution < -0.4 is 5.73 Å². The maximum atomic E-state index is 10.1. The molecule has 130 valence electrons. The van der Waals surface area contributed by atoms with Crippen LogP contribution in [0.15, 0.2) is 36.4 Å². The molecular formula is C21H29NO2. The van der Waals surface area contributed by atoms with Crippen molar-refractivity contribution in [2.24, 2.45) is 22.5 Å². The minimum atomic E-state index is -0.922. The van der Waals surface area contributed by atoms with E-state index in [0.717, 1.165) is 17.6 Å². The molecule has 4 aliphatic carbocycles. The van der Waals surface area contributed by atoms with Crippen molar-refractivity contribution >= 4 is 12.0 Å². The molecule has 1 aromatic carbocycles. The van der Waals surface area contributed by atoms with Crippen LogP contribution in [-0.4, -0.2) is 16.6 Å². The van der Waals surface area contributed by atoms with Crippen LogP contribution in [0, 0.1) is 16.7 Å². The van der Waals surface area contributed by atoms with E-state index in [9.17, 15) is 4.79 Å². The molecule has 2 unspecified atom stereocenters. The average molecular weight is 327 g/mol. The molecule has 0 heterocycles. The maximum absolute atomic E-state index is 10.1. The highest BCUT2D eigenvalue weighted by Crippen LogP contribution is 2.65. The number of nitrogens with two attached hydrogens (primary N) is 1. The van der Waals surface area contributed by atoms with E-state index in [4.69, 9.17) is 10.8 Å². The smallest absolute Gasteiger partial charge is 0.328 e. The molecule has 0 saturated heterocycles.